The topological polar surface area (TPSA) is 33.2 Å². The van der Waals surface area contributed by atoms with Crippen LogP contribution in [0, 0.1) is 18.3 Å². The van der Waals surface area contributed by atoms with Gasteiger partial charge >= 0.3 is 6.18 Å². The second kappa shape index (κ2) is 4.74. The molecule has 0 bridgehead atoms. The normalized spacial score (nSPS) is 19.6. The predicted octanol–water partition coefficient (Wildman–Crippen LogP) is 2.74. The highest BCUT2D eigenvalue weighted by Crippen LogP contribution is 2.35. The van der Waals surface area contributed by atoms with Gasteiger partial charge in [-0.05, 0) is 6.07 Å². The molecule has 1 atom stereocenters. The number of hydrogen-bond acceptors (Lipinski definition) is 2. The summed E-state index contributed by atoms with van der Waals surface area (Å²) in [7, 11) is 0. The quantitative estimate of drug-likeness (QED) is 0.745. The van der Waals surface area contributed by atoms with Crippen LogP contribution in [0.4, 0.5) is 19.0 Å². The summed E-state index contributed by atoms with van der Waals surface area (Å²) in [5.41, 5.74) is -0.957. The number of nitrogens with zero attached hydrogens (tertiary/aromatic N) is 2. The molecular weight excluding hydrogens is 281 g/mol. The molecule has 1 aliphatic heterocycles. The fourth-order valence-electron chi connectivity index (χ4n) is 1.81. The maximum Gasteiger partial charge on any atom is 0.417 e. The summed E-state index contributed by atoms with van der Waals surface area (Å²) < 4.78 is 37.4. The molecule has 1 amide bonds. The van der Waals surface area contributed by atoms with E-state index >= 15 is 0 Å². The first-order chi connectivity index (χ1) is 8.82. The third-order valence-electron chi connectivity index (χ3n) is 2.77. The summed E-state index contributed by atoms with van der Waals surface area (Å²) >= 11 is 5.76. The highest BCUT2D eigenvalue weighted by molar-refractivity contribution is 6.33. The van der Waals surface area contributed by atoms with Gasteiger partial charge in [0.1, 0.15) is 0 Å². The monoisotopic (exact) mass is 288 g/mol. The first kappa shape index (κ1) is 13.7. The van der Waals surface area contributed by atoms with Crippen LogP contribution in [-0.4, -0.2) is 17.4 Å². The zero-order chi connectivity index (χ0) is 14.2. The highest BCUT2D eigenvalue weighted by atomic mass is 35.5. The molecule has 0 spiro atoms. The molecule has 19 heavy (non-hydrogen) atoms. The molecule has 1 aliphatic rings. The van der Waals surface area contributed by atoms with Crippen molar-refractivity contribution in [2.45, 2.75) is 12.6 Å². The predicted molar refractivity (Wildman–Crippen MR) is 63.5 cm³/mol. The number of amides is 1. The molecule has 1 aromatic rings. The van der Waals surface area contributed by atoms with Crippen molar-refractivity contribution in [3.63, 3.8) is 0 Å². The molecule has 3 nitrogen and oxygen atoms in total. The Bertz CT molecular complexity index is 565. The van der Waals surface area contributed by atoms with Crippen LogP contribution in [0.3, 0.4) is 0 Å². The highest BCUT2D eigenvalue weighted by Gasteiger charge is 2.35. The van der Waals surface area contributed by atoms with Crippen molar-refractivity contribution in [2.75, 3.05) is 11.4 Å². The van der Waals surface area contributed by atoms with Crippen molar-refractivity contribution in [1.82, 2.24) is 4.98 Å². The molecule has 0 saturated carbocycles. The first-order valence-electron chi connectivity index (χ1n) is 5.32. The molecule has 0 N–H and O–H groups in total. The van der Waals surface area contributed by atoms with Crippen LogP contribution in [0.2, 0.25) is 5.02 Å². The molecular formula is C12H8ClF3N2O. The van der Waals surface area contributed by atoms with Gasteiger partial charge in [-0.25, -0.2) is 4.98 Å². The Morgan fingerprint density at radius 2 is 2.21 bits per heavy atom. The Balaban J connectivity index is 2.33. The number of anilines is 1. The number of hydrogen-bond donors (Lipinski definition) is 0. The minimum atomic E-state index is -4.52. The average Bonchev–Trinajstić information content (AvgIpc) is 2.69. The smallest absolute Gasteiger partial charge is 0.294 e. The molecule has 1 fully saturated rings. The number of terminal acetylenes is 1. The van der Waals surface area contributed by atoms with Crippen LogP contribution in [0.5, 0.6) is 0 Å². The van der Waals surface area contributed by atoms with Gasteiger partial charge in [-0.2, -0.15) is 13.2 Å². The van der Waals surface area contributed by atoms with Crippen LogP contribution in [0.1, 0.15) is 12.0 Å². The minimum absolute atomic E-state index is 0.0115. The maximum absolute atomic E-state index is 12.5. The van der Waals surface area contributed by atoms with Gasteiger partial charge in [-0.15, -0.1) is 12.3 Å². The van der Waals surface area contributed by atoms with E-state index in [2.05, 4.69) is 10.9 Å². The fraction of sp³-hybridized carbons (Fsp3) is 0.333. The lowest BCUT2D eigenvalue weighted by Gasteiger charge is -2.17. The molecule has 7 heteroatoms. The first-order valence-corrected chi connectivity index (χ1v) is 5.70. The summed E-state index contributed by atoms with van der Waals surface area (Å²) in [6.07, 6.45) is 1.50. The van der Waals surface area contributed by atoms with Gasteiger partial charge in [0.2, 0.25) is 5.91 Å². The number of pyridine rings is 1. The molecule has 1 saturated heterocycles. The molecule has 2 rings (SSSR count). The largest absolute Gasteiger partial charge is 0.417 e. The Hall–Kier alpha value is -1.74. The standard InChI is InChI=1S/C12H8ClF3N2O/c1-2-7-3-10(19)18(6-7)11-9(13)4-8(5-17-11)12(14,15)16/h1,4-5,7H,3,6H2. The van der Waals surface area contributed by atoms with Crippen LogP contribution in [0.15, 0.2) is 12.3 Å². The minimum Gasteiger partial charge on any atom is -0.294 e. The van der Waals surface area contributed by atoms with E-state index in [1.807, 2.05) is 0 Å². The van der Waals surface area contributed by atoms with Crippen LogP contribution in [0.25, 0.3) is 0 Å². The summed E-state index contributed by atoms with van der Waals surface area (Å²) in [5.74, 6) is 1.88. The van der Waals surface area contributed by atoms with Crippen molar-refractivity contribution in [2.24, 2.45) is 5.92 Å². The molecule has 2 heterocycles. The zero-order valence-corrected chi connectivity index (χ0v) is 10.3. The number of alkyl halides is 3. The summed E-state index contributed by atoms with van der Waals surface area (Å²) in [6.45, 7) is 0.216. The van der Waals surface area contributed by atoms with Gasteiger partial charge in [-0.1, -0.05) is 11.6 Å². The summed E-state index contributed by atoms with van der Waals surface area (Å²) in [5, 5.41) is -0.221. The molecule has 1 aromatic heterocycles. The van der Waals surface area contributed by atoms with Crippen molar-refractivity contribution in [3.05, 3.63) is 22.8 Å². The lowest BCUT2D eigenvalue weighted by molar-refractivity contribution is -0.137. The number of rotatable bonds is 1. The van der Waals surface area contributed by atoms with E-state index in [-0.39, 0.29) is 35.6 Å². The van der Waals surface area contributed by atoms with Gasteiger partial charge in [0, 0.05) is 25.1 Å². The van der Waals surface area contributed by atoms with E-state index in [0.717, 1.165) is 6.07 Å². The van der Waals surface area contributed by atoms with E-state index in [9.17, 15) is 18.0 Å². The van der Waals surface area contributed by atoms with Crippen LogP contribution in [-0.2, 0) is 11.0 Å². The zero-order valence-electron chi connectivity index (χ0n) is 9.54. The lowest BCUT2D eigenvalue weighted by atomic mass is 10.1. The number of aromatic nitrogens is 1. The second-order valence-electron chi connectivity index (χ2n) is 4.10. The Morgan fingerprint density at radius 1 is 1.53 bits per heavy atom. The number of carbonyl (C=O) groups excluding carboxylic acids is 1. The van der Waals surface area contributed by atoms with Crippen LogP contribution < -0.4 is 4.90 Å². The number of halogens is 4. The van der Waals surface area contributed by atoms with E-state index in [1.165, 1.54) is 4.90 Å². The fourth-order valence-corrected chi connectivity index (χ4v) is 2.08. The Kier molecular flexibility index (Phi) is 3.42. The van der Waals surface area contributed by atoms with Crippen LogP contribution >= 0.6 is 11.6 Å². The van der Waals surface area contributed by atoms with Gasteiger partial charge in [-0.3, -0.25) is 9.69 Å². The third-order valence-corrected chi connectivity index (χ3v) is 3.04. The maximum atomic E-state index is 12.5. The van der Waals surface area contributed by atoms with E-state index < -0.39 is 11.7 Å². The molecule has 1 unspecified atom stereocenters. The molecule has 0 radical (unpaired) electrons. The Morgan fingerprint density at radius 3 is 2.68 bits per heavy atom. The van der Waals surface area contributed by atoms with Crippen molar-refractivity contribution < 1.29 is 18.0 Å². The van der Waals surface area contributed by atoms with E-state index in [1.54, 1.807) is 0 Å². The van der Waals surface area contributed by atoms with Gasteiger partial charge in [0.15, 0.2) is 5.82 Å². The number of carbonyl (C=O) groups is 1. The summed E-state index contributed by atoms with van der Waals surface area (Å²) in [6, 6.07) is 0.750. The van der Waals surface area contributed by atoms with E-state index in [4.69, 9.17) is 18.0 Å². The van der Waals surface area contributed by atoms with E-state index in [0.29, 0.717) is 6.20 Å². The van der Waals surface area contributed by atoms with Gasteiger partial charge in [0.25, 0.3) is 0 Å². The lowest BCUT2D eigenvalue weighted by Crippen LogP contribution is -2.26. The third kappa shape index (κ3) is 2.66. The molecule has 100 valence electrons. The van der Waals surface area contributed by atoms with Gasteiger partial charge < -0.3 is 0 Å². The average molecular weight is 289 g/mol. The van der Waals surface area contributed by atoms with Gasteiger partial charge in [0.05, 0.1) is 10.6 Å². The Labute approximate surface area is 112 Å². The van der Waals surface area contributed by atoms with Crippen molar-refractivity contribution in [1.29, 1.82) is 0 Å². The van der Waals surface area contributed by atoms with Crippen molar-refractivity contribution >= 4 is 23.3 Å². The summed E-state index contributed by atoms with van der Waals surface area (Å²) in [4.78, 5) is 16.5. The molecule has 0 aliphatic carbocycles. The SMILES string of the molecule is C#CC1CC(=O)N(c2ncc(C(F)(F)F)cc2Cl)C1. The molecule has 0 aromatic carbocycles. The second-order valence-corrected chi connectivity index (χ2v) is 4.51. The van der Waals surface area contributed by atoms with Crippen molar-refractivity contribution in [3.8, 4) is 12.3 Å².